The van der Waals surface area contributed by atoms with E-state index < -0.39 is 5.83 Å². The van der Waals surface area contributed by atoms with Crippen LogP contribution in [0.25, 0.3) is 0 Å². The van der Waals surface area contributed by atoms with Crippen molar-refractivity contribution >= 4 is 17.6 Å². The lowest BCUT2D eigenvalue weighted by atomic mass is 10.2. The average molecular weight is 351 g/mol. The van der Waals surface area contributed by atoms with Gasteiger partial charge in [-0.3, -0.25) is 4.99 Å². The molecular weight excluding hydrogens is 332 g/mol. The van der Waals surface area contributed by atoms with E-state index in [9.17, 15) is 8.78 Å². The number of hydrogen-bond acceptors (Lipinski definition) is 5. The number of thiophene rings is 1. The van der Waals surface area contributed by atoms with E-state index in [4.69, 9.17) is 4.74 Å². The Morgan fingerprint density at radius 1 is 1.29 bits per heavy atom. The summed E-state index contributed by atoms with van der Waals surface area (Å²) in [6.07, 6.45) is 1.08. The molecule has 0 amide bonds. The number of nitrogens with zero attached hydrogens (tertiary/aromatic N) is 1. The van der Waals surface area contributed by atoms with Crippen molar-refractivity contribution in [3.05, 3.63) is 69.7 Å². The number of nitrogens with one attached hydrogen (secondary N) is 2. The lowest BCUT2D eigenvalue weighted by Crippen LogP contribution is -2.25. The third-order valence-electron chi connectivity index (χ3n) is 3.10. The molecule has 2 rings (SSSR count). The summed E-state index contributed by atoms with van der Waals surface area (Å²) in [7, 11) is 1.57. The van der Waals surface area contributed by atoms with Crippen molar-refractivity contribution in [3.63, 3.8) is 0 Å². The van der Waals surface area contributed by atoms with Crippen LogP contribution >= 0.6 is 11.3 Å². The average Bonchev–Trinajstić information content (AvgIpc) is 3.10. The van der Waals surface area contributed by atoms with Gasteiger partial charge in [0.25, 0.3) is 0 Å². The molecule has 2 N–H and O–H groups in total. The van der Waals surface area contributed by atoms with Gasteiger partial charge in [-0.05, 0) is 17.5 Å². The molecular formula is C17H19F2N3OS. The van der Waals surface area contributed by atoms with Crippen LogP contribution < -0.4 is 10.6 Å². The largest absolute Gasteiger partial charge is 0.372 e. The molecule has 0 spiro atoms. The van der Waals surface area contributed by atoms with E-state index >= 15 is 0 Å². The van der Waals surface area contributed by atoms with Gasteiger partial charge in [-0.2, -0.15) is 0 Å². The van der Waals surface area contributed by atoms with Gasteiger partial charge in [-0.15, -0.1) is 11.3 Å². The minimum Gasteiger partial charge on any atom is -0.372 e. The molecule has 0 atom stereocenters. The lowest BCUT2D eigenvalue weighted by molar-refractivity contribution is 0.131. The van der Waals surface area contributed by atoms with E-state index in [-0.39, 0.29) is 24.9 Å². The fraction of sp³-hybridized carbons (Fsp3) is 0.235. The number of rotatable bonds is 9. The SMILES string of the molecule is CN/C(NCc1ccccc1F)=C(F)\C=N/COCc1cccs1. The minimum atomic E-state index is -0.575. The van der Waals surface area contributed by atoms with Crippen molar-refractivity contribution in [1.29, 1.82) is 0 Å². The van der Waals surface area contributed by atoms with Gasteiger partial charge in [0, 0.05) is 24.0 Å². The highest BCUT2D eigenvalue weighted by Crippen LogP contribution is 2.09. The summed E-state index contributed by atoms with van der Waals surface area (Å²) in [5.41, 5.74) is 0.453. The summed E-state index contributed by atoms with van der Waals surface area (Å²) in [6, 6.07) is 10.2. The second-order valence-electron chi connectivity index (χ2n) is 4.79. The molecule has 0 fully saturated rings. The number of benzene rings is 1. The van der Waals surface area contributed by atoms with Gasteiger partial charge >= 0.3 is 0 Å². The molecule has 0 bridgehead atoms. The van der Waals surface area contributed by atoms with Crippen molar-refractivity contribution < 1.29 is 13.5 Å². The van der Waals surface area contributed by atoms with Crippen LogP contribution in [0.3, 0.4) is 0 Å². The molecule has 0 saturated heterocycles. The maximum absolute atomic E-state index is 14.0. The van der Waals surface area contributed by atoms with E-state index in [0.29, 0.717) is 12.2 Å². The Labute approximate surface area is 143 Å². The first kappa shape index (κ1) is 18.1. The molecule has 1 aromatic heterocycles. The summed E-state index contributed by atoms with van der Waals surface area (Å²) >= 11 is 1.59. The van der Waals surface area contributed by atoms with E-state index in [1.54, 1.807) is 36.6 Å². The van der Waals surface area contributed by atoms with E-state index in [1.807, 2.05) is 17.5 Å². The smallest absolute Gasteiger partial charge is 0.180 e. The molecule has 0 unspecified atom stereocenters. The molecule has 24 heavy (non-hydrogen) atoms. The maximum Gasteiger partial charge on any atom is 0.180 e. The van der Waals surface area contributed by atoms with Gasteiger partial charge in [0.1, 0.15) is 18.4 Å². The minimum absolute atomic E-state index is 0.0651. The van der Waals surface area contributed by atoms with Crippen LogP contribution in [0.2, 0.25) is 0 Å². The van der Waals surface area contributed by atoms with Gasteiger partial charge in [-0.1, -0.05) is 24.3 Å². The topological polar surface area (TPSA) is 45.7 Å². The first-order valence-electron chi connectivity index (χ1n) is 7.35. The van der Waals surface area contributed by atoms with Gasteiger partial charge in [-0.25, -0.2) is 8.78 Å². The Morgan fingerprint density at radius 2 is 2.12 bits per heavy atom. The van der Waals surface area contributed by atoms with Crippen LogP contribution in [-0.4, -0.2) is 20.0 Å². The number of hydrogen-bond donors (Lipinski definition) is 2. The highest BCUT2D eigenvalue weighted by Gasteiger charge is 2.05. The van der Waals surface area contributed by atoms with Crippen molar-refractivity contribution in [3.8, 4) is 0 Å². The molecule has 2 aromatic rings. The molecule has 0 aliphatic rings. The van der Waals surface area contributed by atoms with Crippen LogP contribution in [0.5, 0.6) is 0 Å². The maximum atomic E-state index is 14.0. The first-order chi connectivity index (χ1) is 11.7. The molecule has 4 nitrogen and oxygen atoms in total. The van der Waals surface area contributed by atoms with Crippen molar-refractivity contribution in [2.45, 2.75) is 13.2 Å². The van der Waals surface area contributed by atoms with Gasteiger partial charge in [0.15, 0.2) is 5.83 Å². The Morgan fingerprint density at radius 3 is 2.83 bits per heavy atom. The van der Waals surface area contributed by atoms with Gasteiger partial charge in [0.2, 0.25) is 0 Å². The monoisotopic (exact) mass is 351 g/mol. The van der Waals surface area contributed by atoms with E-state index in [2.05, 4.69) is 15.6 Å². The van der Waals surface area contributed by atoms with Crippen molar-refractivity contribution in [1.82, 2.24) is 10.6 Å². The Hall–Kier alpha value is -2.25. The highest BCUT2D eigenvalue weighted by molar-refractivity contribution is 7.09. The number of halogens is 2. The zero-order valence-electron chi connectivity index (χ0n) is 13.3. The van der Waals surface area contributed by atoms with E-state index in [1.165, 1.54) is 6.07 Å². The zero-order valence-corrected chi connectivity index (χ0v) is 14.1. The number of aliphatic imine (C=N–C) groups is 1. The molecule has 1 heterocycles. The standard InChI is InChI=1S/C17H19F2N3OS/c1-20-17(22-9-13-5-2-3-7-15(13)18)16(19)10-21-12-23-11-14-6-4-8-24-14/h2-8,10,20,22H,9,11-12H2,1H3/b17-16-,21-10-. The number of allylic oxidation sites excluding steroid dienone is 1. The second-order valence-corrected chi connectivity index (χ2v) is 5.82. The number of ether oxygens (including phenoxy) is 1. The highest BCUT2D eigenvalue weighted by atomic mass is 32.1. The summed E-state index contributed by atoms with van der Waals surface area (Å²) in [5, 5.41) is 7.47. The zero-order chi connectivity index (χ0) is 17.2. The second kappa shape index (κ2) is 9.79. The van der Waals surface area contributed by atoms with Crippen LogP contribution in [0.15, 0.2) is 58.4 Å². The molecule has 0 saturated carbocycles. The predicted molar refractivity (Wildman–Crippen MR) is 92.9 cm³/mol. The molecule has 0 aliphatic heterocycles. The Balaban J connectivity index is 1.82. The quantitative estimate of drug-likeness (QED) is 0.536. The molecule has 7 heteroatoms. The third-order valence-corrected chi connectivity index (χ3v) is 3.95. The van der Waals surface area contributed by atoms with E-state index in [0.717, 1.165) is 11.1 Å². The normalized spacial score (nSPS) is 12.3. The van der Waals surface area contributed by atoms with Crippen LogP contribution in [0, 0.1) is 5.82 Å². The molecule has 0 aliphatic carbocycles. The predicted octanol–water partition coefficient (Wildman–Crippen LogP) is 3.58. The summed E-state index contributed by atoms with van der Waals surface area (Å²) in [6.45, 7) is 0.680. The van der Waals surface area contributed by atoms with Gasteiger partial charge in [0.05, 0.1) is 12.8 Å². The van der Waals surface area contributed by atoms with Crippen molar-refractivity contribution in [2.24, 2.45) is 4.99 Å². The fourth-order valence-corrected chi connectivity index (χ4v) is 2.53. The lowest BCUT2D eigenvalue weighted by Gasteiger charge is -2.11. The van der Waals surface area contributed by atoms with Crippen LogP contribution in [-0.2, 0) is 17.9 Å². The Kier molecular flexibility index (Phi) is 7.38. The summed E-state index contributed by atoms with van der Waals surface area (Å²) in [4.78, 5) is 4.97. The van der Waals surface area contributed by atoms with Crippen molar-refractivity contribution in [2.75, 3.05) is 13.8 Å². The molecule has 128 valence electrons. The van der Waals surface area contributed by atoms with Crippen LogP contribution in [0.4, 0.5) is 8.78 Å². The van der Waals surface area contributed by atoms with Gasteiger partial charge < -0.3 is 15.4 Å². The third kappa shape index (κ3) is 5.75. The summed E-state index contributed by atoms with van der Waals surface area (Å²) in [5.74, 6) is -0.773. The fourth-order valence-electron chi connectivity index (χ4n) is 1.89. The molecule has 0 radical (unpaired) electrons. The first-order valence-corrected chi connectivity index (χ1v) is 8.23. The Bertz CT molecular complexity index is 687. The summed E-state index contributed by atoms with van der Waals surface area (Å²) < 4.78 is 32.9. The van der Waals surface area contributed by atoms with Crippen LogP contribution in [0.1, 0.15) is 10.4 Å². The molecule has 1 aromatic carbocycles.